The third kappa shape index (κ3) is 2.72. The van der Waals surface area contributed by atoms with Crippen LogP contribution in [-0.4, -0.2) is 39.8 Å². The van der Waals surface area contributed by atoms with Crippen molar-refractivity contribution >= 4 is 17.6 Å². The number of likely N-dealkylation sites (N-methyl/N-ethyl adjacent to an activating group) is 1. The molecule has 1 aromatic heterocycles. The normalized spacial score (nSPS) is 18.9. The van der Waals surface area contributed by atoms with E-state index in [1.54, 1.807) is 0 Å². The number of likely N-dealkylation sites (tertiary alicyclic amines) is 1. The minimum atomic E-state index is 0.609. The molecule has 0 spiro atoms. The Morgan fingerprint density at radius 2 is 1.96 bits per heavy atom. The maximum Gasteiger partial charge on any atom is 0.248 e. The lowest BCUT2D eigenvalue weighted by atomic mass is 9.98. The molecule has 5 rings (SSSR count). The Labute approximate surface area is 152 Å². The maximum atomic E-state index is 4.62. The summed E-state index contributed by atoms with van der Waals surface area (Å²) in [4.78, 5) is 6.97. The van der Waals surface area contributed by atoms with Crippen LogP contribution in [0.2, 0.25) is 0 Å². The van der Waals surface area contributed by atoms with E-state index < -0.39 is 0 Å². The van der Waals surface area contributed by atoms with Crippen LogP contribution in [0.1, 0.15) is 23.5 Å². The van der Waals surface area contributed by atoms with Crippen molar-refractivity contribution in [1.82, 2.24) is 19.7 Å². The highest BCUT2D eigenvalue weighted by molar-refractivity contribution is 5.58. The second kappa shape index (κ2) is 6.14. The van der Waals surface area contributed by atoms with Crippen LogP contribution in [0.3, 0.4) is 0 Å². The van der Waals surface area contributed by atoms with Gasteiger partial charge in [0.25, 0.3) is 0 Å². The van der Waals surface area contributed by atoms with Gasteiger partial charge < -0.3 is 15.5 Å². The summed E-state index contributed by atoms with van der Waals surface area (Å²) in [5.74, 6) is 2.03. The van der Waals surface area contributed by atoms with Crippen LogP contribution in [0.25, 0.3) is 5.69 Å². The van der Waals surface area contributed by atoms with Gasteiger partial charge in [0, 0.05) is 18.8 Å². The van der Waals surface area contributed by atoms with Crippen molar-refractivity contribution in [3.8, 4) is 5.69 Å². The van der Waals surface area contributed by atoms with Crippen LogP contribution in [0.4, 0.5) is 17.6 Å². The molecular formula is C20H22N6. The first kappa shape index (κ1) is 15.4. The Balaban J connectivity index is 1.36. The zero-order valence-corrected chi connectivity index (χ0v) is 14.8. The lowest BCUT2D eigenvalue weighted by molar-refractivity contribution is 0.411. The molecule has 26 heavy (non-hydrogen) atoms. The number of fused-ring (bicyclic) bond motifs is 3. The molecule has 0 radical (unpaired) electrons. The van der Waals surface area contributed by atoms with Crippen molar-refractivity contribution in [1.29, 1.82) is 0 Å². The van der Waals surface area contributed by atoms with Gasteiger partial charge in [0.15, 0.2) is 0 Å². The third-order valence-electron chi connectivity index (χ3n) is 5.29. The van der Waals surface area contributed by atoms with E-state index in [-0.39, 0.29) is 0 Å². The number of rotatable bonds is 3. The maximum absolute atomic E-state index is 4.62. The molecule has 1 unspecified atom stereocenters. The fourth-order valence-corrected chi connectivity index (χ4v) is 3.86. The van der Waals surface area contributed by atoms with Gasteiger partial charge in [0.2, 0.25) is 11.9 Å². The molecule has 2 aromatic carbocycles. The molecule has 2 N–H and O–H groups in total. The molecule has 3 aromatic rings. The minimum Gasteiger partial charge on any atom is -0.350 e. The number of para-hydroxylation sites is 1. The number of hydrogen-bond acceptors (Lipinski definition) is 5. The van der Waals surface area contributed by atoms with Crippen molar-refractivity contribution in [2.75, 3.05) is 30.8 Å². The fourth-order valence-electron chi connectivity index (χ4n) is 3.86. The van der Waals surface area contributed by atoms with Gasteiger partial charge in [-0.3, -0.25) is 0 Å². The first-order valence-electron chi connectivity index (χ1n) is 9.11. The molecule has 0 amide bonds. The van der Waals surface area contributed by atoms with Gasteiger partial charge in [-0.1, -0.05) is 30.3 Å². The fraction of sp³-hybridized carbons (Fsp3) is 0.300. The third-order valence-corrected chi connectivity index (χ3v) is 5.29. The number of nitrogens with one attached hydrogen (secondary N) is 2. The molecule has 3 heterocycles. The lowest BCUT2D eigenvalue weighted by Gasteiger charge is -2.17. The van der Waals surface area contributed by atoms with Gasteiger partial charge in [-0.05, 0) is 55.3 Å². The Bertz CT molecular complexity index is 930. The average Bonchev–Trinajstić information content (AvgIpc) is 3.28. The van der Waals surface area contributed by atoms with E-state index in [2.05, 4.69) is 69.1 Å². The molecule has 1 saturated heterocycles. The minimum absolute atomic E-state index is 0.609. The van der Waals surface area contributed by atoms with Crippen molar-refractivity contribution in [2.45, 2.75) is 18.9 Å². The molecular weight excluding hydrogens is 324 g/mol. The zero-order valence-electron chi connectivity index (χ0n) is 14.8. The summed E-state index contributed by atoms with van der Waals surface area (Å²) in [6, 6.07) is 16.9. The predicted octanol–water partition coefficient (Wildman–Crippen LogP) is 3.36. The Hall–Kier alpha value is -2.86. The summed E-state index contributed by atoms with van der Waals surface area (Å²) < 4.78 is 1.86. The summed E-state index contributed by atoms with van der Waals surface area (Å²) in [7, 11) is 2.19. The molecule has 0 aliphatic carbocycles. The topological polar surface area (TPSA) is 58.0 Å². The summed E-state index contributed by atoms with van der Waals surface area (Å²) in [5, 5.41) is 11.3. The lowest BCUT2D eigenvalue weighted by Crippen LogP contribution is -2.15. The van der Waals surface area contributed by atoms with E-state index in [9.17, 15) is 0 Å². The molecule has 6 nitrogen and oxygen atoms in total. The smallest absolute Gasteiger partial charge is 0.248 e. The van der Waals surface area contributed by atoms with Crippen LogP contribution in [0, 0.1) is 0 Å². The summed E-state index contributed by atoms with van der Waals surface area (Å²) >= 11 is 0. The highest BCUT2D eigenvalue weighted by Gasteiger charge is 2.21. The molecule has 0 bridgehead atoms. The average molecular weight is 346 g/mol. The van der Waals surface area contributed by atoms with Gasteiger partial charge in [0.1, 0.15) is 0 Å². The number of hydrogen-bond donors (Lipinski definition) is 2. The number of nitrogens with zero attached hydrogens (tertiary/aromatic N) is 4. The summed E-state index contributed by atoms with van der Waals surface area (Å²) in [6.07, 6.45) is 1.24. The van der Waals surface area contributed by atoms with Gasteiger partial charge in [-0.2, -0.15) is 9.67 Å². The summed E-state index contributed by atoms with van der Waals surface area (Å²) in [6.45, 7) is 3.11. The molecule has 0 saturated carbocycles. The van der Waals surface area contributed by atoms with Crippen LogP contribution in [-0.2, 0) is 6.54 Å². The summed E-state index contributed by atoms with van der Waals surface area (Å²) in [5.41, 5.74) is 4.73. The highest BCUT2D eigenvalue weighted by Crippen LogP contribution is 2.29. The second-order valence-electron chi connectivity index (χ2n) is 7.15. The predicted molar refractivity (Wildman–Crippen MR) is 103 cm³/mol. The largest absolute Gasteiger partial charge is 0.350 e. The van der Waals surface area contributed by atoms with E-state index in [4.69, 9.17) is 0 Å². The van der Waals surface area contributed by atoms with Crippen LogP contribution >= 0.6 is 0 Å². The number of benzene rings is 2. The first-order chi connectivity index (χ1) is 12.8. The Kier molecular flexibility index (Phi) is 3.64. The van der Waals surface area contributed by atoms with E-state index in [0.717, 1.165) is 30.4 Å². The SMILES string of the molecule is CN1CCC(c2ccc(Nc3nc4n(n3)-c3ccccc3CN4)cc2)C1. The first-order valence-corrected chi connectivity index (χ1v) is 9.11. The Morgan fingerprint density at radius 3 is 2.77 bits per heavy atom. The van der Waals surface area contributed by atoms with Gasteiger partial charge in [-0.15, -0.1) is 5.10 Å². The molecule has 132 valence electrons. The standard InChI is InChI=1S/C20H22N6/c1-25-11-10-16(13-25)14-6-8-17(9-7-14)22-19-23-20-21-12-15-4-2-3-5-18(15)26(20)24-19/h2-9,16H,10-13H2,1H3,(H2,21,22,23,24). The second-order valence-corrected chi connectivity index (χ2v) is 7.15. The molecule has 2 aliphatic heterocycles. The molecule has 6 heteroatoms. The van der Waals surface area contributed by atoms with Gasteiger partial charge >= 0.3 is 0 Å². The molecule has 2 aliphatic rings. The number of anilines is 3. The van der Waals surface area contributed by atoms with Crippen molar-refractivity contribution in [3.63, 3.8) is 0 Å². The van der Waals surface area contributed by atoms with E-state index in [0.29, 0.717) is 11.9 Å². The zero-order chi connectivity index (χ0) is 17.5. The van der Waals surface area contributed by atoms with Crippen molar-refractivity contribution in [2.24, 2.45) is 0 Å². The molecule has 1 atom stereocenters. The highest BCUT2D eigenvalue weighted by atomic mass is 15.4. The van der Waals surface area contributed by atoms with Crippen LogP contribution < -0.4 is 10.6 Å². The Morgan fingerprint density at radius 1 is 1.12 bits per heavy atom. The monoisotopic (exact) mass is 346 g/mol. The molecule has 1 fully saturated rings. The number of aromatic nitrogens is 3. The van der Waals surface area contributed by atoms with Crippen LogP contribution in [0.5, 0.6) is 0 Å². The van der Waals surface area contributed by atoms with Crippen molar-refractivity contribution < 1.29 is 0 Å². The van der Waals surface area contributed by atoms with Gasteiger partial charge in [0.05, 0.1) is 5.69 Å². The van der Waals surface area contributed by atoms with E-state index in [1.807, 2.05) is 16.8 Å². The van der Waals surface area contributed by atoms with Gasteiger partial charge in [-0.25, -0.2) is 0 Å². The van der Waals surface area contributed by atoms with E-state index in [1.165, 1.54) is 24.1 Å². The quantitative estimate of drug-likeness (QED) is 0.762. The van der Waals surface area contributed by atoms with E-state index >= 15 is 0 Å². The van der Waals surface area contributed by atoms with Crippen molar-refractivity contribution in [3.05, 3.63) is 59.7 Å². The van der Waals surface area contributed by atoms with Crippen LogP contribution in [0.15, 0.2) is 48.5 Å².